The summed E-state index contributed by atoms with van der Waals surface area (Å²) >= 11 is 10.7. The fraction of sp³-hybridized carbons (Fsp3) is 0. The van der Waals surface area contributed by atoms with Crippen molar-refractivity contribution in [1.29, 1.82) is 0 Å². The minimum Gasteiger partial charge on any atom is -0.298 e. The van der Waals surface area contributed by atoms with E-state index in [4.69, 9.17) is 11.6 Å². The highest BCUT2D eigenvalue weighted by atomic mass is 79.9. The van der Waals surface area contributed by atoms with Crippen LogP contribution in [0.3, 0.4) is 0 Å². The number of hydrogen-bond donors (Lipinski definition) is 1. The first-order chi connectivity index (χ1) is 9.61. The number of rotatable bonds is 2. The Labute approximate surface area is 132 Å². The Hall–Kier alpha value is -1.43. The van der Waals surface area contributed by atoms with Gasteiger partial charge in [-0.15, -0.1) is 0 Å². The molecule has 1 heterocycles. The molecule has 100 valence electrons. The molecule has 0 saturated carbocycles. The monoisotopic (exact) mass is 366 g/mol. The second-order valence-corrected chi connectivity index (χ2v) is 6.48. The fourth-order valence-corrected chi connectivity index (χ4v) is 3.50. The maximum Gasteiger partial charge on any atom is 0.257 e. The van der Waals surface area contributed by atoms with Gasteiger partial charge in [0.1, 0.15) is 0 Å². The zero-order valence-corrected chi connectivity index (χ0v) is 13.2. The summed E-state index contributed by atoms with van der Waals surface area (Å²) < 4.78 is 1.80. The van der Waals surface area contributed by atoms with E-state index in [1.807, 2.05) is 24.3 Å². The van der Waals surface area contributed by atoms with Crippen LogP contribution in [0.4, 0.5) is 5.13 Å². The lowest BCUT2D eigenvalue weighted by molar-refractivity contribution is 0.102. The molecule has 0 bridgehead atoms. The number of hydrogen-bond acceptors (Lipinski definition) is 3. The lowest BCUT2D eigenvalue weighted by atomic mass is 10.2. The molecule has 0 unspecified atom stereocenters. The van der Waals surface area contributed by atoms with Gasteiger partial charge in [0, 0.05) is 15.1 Å². The molecular weight excluding hydrogens is 360 g/mol. The zero-order chi connectivity index (χ0) is 14.1. The van der Waals surface area contributed by atoms with Gasteiger partial charge >= 0.3 is 0 Å². The van der Waals surface area contributed by atoms with Gasteiger partial charge in [0.25, 0.3) is 5.91 Å². The van der Waals surface area contributed by atoms with E-state index in [1.54, 1.807) is 18.2 Å². The minimum absolute atomic E-state index is 0.229. The molecule has 6 heteroatoms. The van der Waals surface area contributed by atoms with Crippen molar-refractivity contribution in [3.05, 3.63) is 57.5 Å². The van der Waals surface area contributed by atoms with Gasteiger partial charge in [-0.05, 0) is 30.3 Å². The number of thiazole rings is 1. The summed E-state index contributed by atoms with van der Waals surface area (Å²) in [6.07, 6.45) is 0. The highest BCUT2D eigenvalue weighted by Gasteiger charge is 2.11. The molecule has 0 atom stereocenters. The van der Waals surface area contributed by atoms with Crippen molar-refractivity contribution >= 4 is 60.1 Å². The number of carbonyl (C=O) groups excluding carboxylic acids is 1. The van der Waals surface area contributed by atoms with Gasteiger partial charge in [-0.1, -0.05) is 51.0 Å². The van der Waals surface area contributed by atoms with Gasteiger partial charge in [-0.25, -0.2) is 4.98 Å². The van der Waals surface area contributed by atoms with Crippen LogP contribution < -0.4 is 5.32 Å². The molecule has 3 aromatic rings. The number of nitrogens with one attached hydrogen (secondary N) is 1. The Balaban J connectivity index is 1.88. The van der Waals surface area contributed by atoms with E-state index >= 15 is 0 Å². The first kappa shape index (κ1) is 13.5. The van der Waals surface area contributed by atoms with E-state index in [0.29, 0.717) is 15.7 Å². The molecule has 3 rings (SSSR count). The zero-order valence-electron chi connectivity index (χ0n) is 10.1. The van der Waals surface area contributed by atoms with Crippen LogP contribution in [-0.2, 0) is 0 Å². The smallest absolute Gasteiger partial charge is 0.257 e. The number of nitrogens with zero attached hydrogens (tertiary/aromatic N) is 1. The van der Waals surface area contributed by atoms with Gasteiger partial charge in [0.05, 0.1) is 10.2 Å². The van der Waals surface area contributed by atoms with Crippen molar-refractivity contribution < 1.29 is 4.79 Å². The van der Waals surface area contributed by atoms with Gasteiger partial charge < -0.3 is 0 Å². The molecule has 1 aromatic heterocycles. The first-order valence-electron chi connectivity index (χ1n) is 5.75. The van der Waals surface area contributed by atoms with Crippen LogP contribution >= 0.6 is 38.9 Å². The number of halogens is 2. The maximum atomic E-state index is 12.2. The predicted octanol–water partition coefficient (Wildman–Crippen LogP) is 4.96. The molecule has 0 aliphatic rings. The number of fused-ring (bicyclic) bond motifs is 1. The molecule has 0 fully saturated rings. The molecule has 1 amide bonds. The van der Waals surface area contributed by atoms with E-state index in [9.17, 15) is 4.79 Å². The van der Waals surface area contributed by atoms with Gasteiger partial charge in [0.2, 0.25) is 0 Å². The number of anilines is 1. The minimum atomic E-state index is -0.229. The van der Waals surface area contributed by atoms with Gasteiger partial charge in [-0.2, -0.15) is 0 Å². The number of carbonyl (C=O) groups is 1. The summed E-state index contributed by atoms with van der Waals surface area (Å²) in [4.78, 5) is 16.5. The van der Waals surface area contributed by atoms with Crippen molar-refractivity contribution in [2.24, 2.45) is 0 Å². The SMILES string of the molecule is O=C(Nc1nc2ccccc2s1)c1cc(Cl)cc(Br)c1. The first-order valence-corrected chi connectivity index (χ1v) is 7.73. The van der Waals surface area contributed by atoms with Crippen molar-refractivity contribution in [2.45, 2.75) is 0 Å². The van der Waals surface area contributed by atoms with E-state index in [-0.39, 0.29) is 5.91 Å². The summed E-state index contributed by atoms with van der Waals surface area (Å²) in [5.41, 5.74) is 1.36. The third kappa shape index (κ3) is 2.85. The third-order valence-corrected chi connectivity index (χ3v) is 4.27. The van der Waals surface area contributed by atoms with Crippen molar-refractivity contribution in [2.75, 3.05) is 5.32 Å². The Kier molecular flexibility index (Phi) is 3.74. The second kappa shape index (κ2) is 5.52. The van der Waals surface area contributed by atoms with Gasteiger partial charge in [-0.3, -0.25) is 10.1 Å². The Morgan fingerprint density at radius 3 is 2.80 bits per heavy atom. The summed E-state index contributed by atoms with van der Waals surface area (Å²) in [5.74, 6) is -0.229. The van der Waals surface area contributed by atoms with Crippen molar-refractivity contribution in [1.82, 2.24) is 4.98 Å². The van der Waals surface area contributed by atoms with Crippen LogP contribution in [0.15, 0.2) is 46.9 Å². The second-order valence-electron chi connectivity index (χ2n) is 4.10. The van der Waals surface area contributed by atoms with Crippen LogP contribution in [0.2, 0.25) is 5.02 Å². The molecule has 20 heavy (non-hydrogen) atoms. The molecule has 0 spiro atoms. The fourth-order valence-electron chi connectivity index (χ4n) is 1.78. The topological polar surface area (TPSA) is 42.0 Å². The number of aromatic nitrogens is 1. The summed E-state index contributed by atoms with van der Waals surface area (Å²) in [7, 11) is 0. The summed E-state index contributed by atoms with van der Waals surface area (Å²) in [5, 5.41) is 3.88. The summed E-state index contributed by atoms with van der Waals surface area (Å²) in [6.45, 7) is 0. The maximum absolute atomic E-state index is 12.2. The molecule has 1 N–H and O–H groups in total. The van der Waals surface area contributed by atoms with Crippen molar-refractivity contribution in [3.63, 3.8) is 0 Å². The lowest BCUT2D eigenvalue weighted by Crippen LogP contribution is -2.11. The van der Waals surface area contributed by atoms with E-state index in [0.717, 1.165) is 14.7 Å². The molecular formula is C14H8BrClN2OS. The summed E-state index contributed by atoms with van der Waals surface area (Å²) in [6, 6.07) is 12.8. The van der Waals surface area contributed by atoms with Crippen molar-refractivity contribution in [3.8, 4) is 0 Å². The molecule has 0 aliphatic carbocycles. The Bertz CT molecular complexity index is 749. The third-order valence-electron chi connectivity index (χ3n) is 2.64. The van der Waals surface area contributed by atoms with Crippen LogP contribution in [0.1, 0.15) is 10.4 Å². The van der Waals surface area contributed by atoms with Gasteiger partial charge in [0.15, 0.2) is 5.13 Å². The highest BCUT2D eigenvalue weighted by molar-refractivity contribution is 9.10. The van der Waals surface area contributed by atoms with E-state index in [2.05, 4.69) is 26.2 Å². The van der Waals surface area contributed by atoms with Crippen LogP contribution in [-0.4, -0.2) is 10.9 Å². The van der Waals surface area contributed by atoms with Crippen LogP contribution in [0.25, 0.3) is 10.2 Å². The highest BCUT2D eigenvalue weighted by Crippen LogP contribution is 2.26. The van der Waals surface area contributed by atoms with E-state index in [1.165, 1.54) is 11.3 Å². The van der Waals surface area contributed by atoms with Crippen LogP contribution in [0, 0.1) is 0 Å². The average molecular weight is 368 g/mol. The normalized spacial score (nSPS) is 10.7. The van der Waals surface area contributed by atoms with Crippen LogP contribution in [0.5, 0.6) is 0 Å². The van der Waals surface area contributed by atoms with E-state index < -0.39 is 0 Å². The Morgan fingerprint density at radius 2 is 2.05 bits per heavy atom. The molecule has 2 aromatic carbocycles. The predicted molar refractivity (Wildman–Crippen MR) is 86.7 cm³/mol. The molecule has 3 nitrogen and oxygen atoms in total. The molecule has 0 aliphatic heterocycles. The molecule has 0 radical (unpaired) electrons. The number of para-hydroxylation sites is 1. The number of amides is 1. The number of benzene rings is 2. The molecule has 0 saturated heterocycles. The average Bonchev–Trinajstić information content (AvgIpc) is 2.79. The quantitative estimate of drug-likeness (QED) is 0.695. The standard InChI is InChI=1S/C14H8BrClN2OS/c15-9-5-8(6-10(16)7-9)13(19)18-14-17-11-3-1-2-4-12(11)20-14/h1-7H,(H,17,18,19). The Morgan fingerprint density at radius 1 is 1.25 bits per heavy atom. The lowest BCUT2D eigenvalue weighted by Gasteiger charge is -2.03. The largest absolute Gasteiger partial charge is 0.298 e.